The van der Waals surface area contributed by atoms with Crippen molar-refractivity contribution in [2.75, 3.05) is 7.11 Å². The van der Waals surface area contributed by atoms with Gasteiger partial charge in [-0.15, -0.1) is 0 Å². The summed E-state index contributed by atoms with van der Waals surface area (Å²) >= 11 is 6.77. The van der Waals surface area contributed by atoms with Crippen molar-refractivity contribution in [1.29, 1.82) is 0 Å². The third-order valence-corrected chi connectivity index (χ3v) is 4.75. The molecule has 0 saturated heterocycles. The fourth-order valence-electron chi connectivity index (χ4n) is 2.07. The van der Waals surface area contributed by atoms with E-state index in [0.29, 0.717) is 34.1 Å². The van der Waals surface area contributed by atoms with Crippen LogP contribution in [0.3, 0.4) is 0 Å². The number of rotatable bonds is 2. The number of benzene rings is 1. The first kappa shape index (κ1) is 13.0. The van der Waals surface area contributed by atoms with Crippen LogP contribution in [0, 0.1) is 0 Å². The molecule has 2 heterocycles. The Labute approximate surface area is 126 Å². The molecule has 1 aliphatic heterocycles. The van der Waals surface area contributed by atoms with Crippen LogP contribution in [0.2, 0.25) is 0 Å². The number of methoxy groups -OCH3 is 1. The van der Waals surface area contributed by atoms with Gasteiger partial charge in [-0.05, 0) is 44.0 Å². The van der Waals surface area contributed by atoms with Crippen molar-refractivity contribution < 1.29 is 14.6 Å². The summed E-state index contributed by atoms with van der Waals surface area (Å²) in [6.45, 7) is 0.464. The van der Waals surface area contributed by atoms with Crippen molar-refractivity contribution in [3.8, 4) is 17.4 Å². The van der Waals surface area contributed by atoms with E-state index < -0.39 is 0 Å². The Bertz CT molecular complexity index is 655. The number of hydrogen-bond donors (Lipinski definition) is 1. The zero-order valence-electron chi connectivity index (χ0n) is 9.98. The maximum Gasteiger partial charge on any atom is 0.233 e. The molecule has 1 aromatic heterocycles. The van der Waals surface area contributed by atoms with Gasteiger partial charge in [-0.2, -0.15) is 5.10 Å². The molecule has 0 bridgehead atoms. The van der Waals surface area contributed by atoms with Crippen molar-refractivity contribution in [3.63, 3.8) is 0 Å². The molecule has 100 valence electrons. The van der Waals surface area contributed by atoms with E-state index in [-0.39, 0.29) is 6.61 Å². The molecule has 0 saturated carbocycles. The maximum absolute atomic E-state index is 9.46. The highest BCUT2D eigenvalue weighted by molar-refractivity contribution is 9.13. The topological polar surface area (TPSA) is 56.5 Å². The van der Waals surface area contributed by atoms with Crippen molar-refractivity contribution in [1.82, 2.24) is 9.78 Å². The molecule has 0 fully saturated rings. The second-order valence-corrected chi connectivity index (χ2v) is 5.65. The molecule has 3 rings (SSSR count). The monoisotopic (exact) mass is 388 g/mol. The van der Waals surface area contributed by atoms with Crippen LogP contribution < -0.4 is 9.47 Å². The maximum atomic E-state index is 9.46. The molecule has 5 nitrogen and oxygen atoms in total. The first-order chi connectivity index (χ1) is 9.13. The molecule has 1 aliphatic rings. The Morgan fingerprint density at radius 1 is 1.47 bits per heavy atom. The van der Waals surface area contributed by atoms with Crippen molar-refractivity contribution in [2.45, 2.75) is 13.2 Å². The predicted octanol–water partition coefficient (Wildman–Crippen LogP) is 3.06. The summed E-state index contributed by atoms with van der Waals surface area (Å²) in [5, 5.41) is 13.8. The van der Waals surface area contributed by atoms with Crippen LogP contribution in [0.4, 0.5) is 0 Å². The Kier molecular flexibility index (Phi) is 3.28. The van der Waals surface area contributed by atoms with Gasteiger partial charge in [0.2, 0.25) is 5.88 Å². The van der Waals surface area contributed by atoms with Gasteiger partial charge in [0.15, 0.2) is 0 Å². The average molecular weight is 390 g/mol. The molecule has 7 heteroatoms. The molecular weight excluding hydrogens is 380 g/mol. The van der Waals surface area contributed by atoms with E-state index in [1.807, 2.05) is 6.07 Å². The van der Waals surface area contributed by atoms with Crippen LogP contribution in [-0.4, -0.2) is 22.0 Å². The molecule has 1 aromatic carbocycles. The SMILES string of the molecule is COc1cc(CO)c2c(c1)Cn1nc(Br)c(Br)c1O2. The standard InChI is InChI=1S/C12H10Br2N2O3/c1-18-8-2-6-4-16-12(9(13)11(14)15-16)19-10(6)7(3-8)5-17/h2-3,17H,4-5H2,1H3. The van der Waals surface area contributed by atoms with Gasteiger partial charge in [0.05, 0.1) is 20.3 Å². The van der Waals surface area contributed by atoms with E-state index in [9.17, 15) is 5.11 Å². The van der Waals surface area contributed by atoms with E-state index in [0.717, 1.165) is 10.0 Å². The average Bonchev–Trinajstić information content (AvgIpc) is 2.70. The number of fused-ring (bicyclic) bond motifs is 2. The van der Waals surface area contributed by atoms with Gasteiger partial charge in [-0.1, -0.05) is 0 Å². The molecule has 0 aliphatic carbocycles. The fraction of sp³-hybridized carbons (Fsp3) is 0.250. The van der Waals surface area contributed by atoms with Gasteiger partial charge in [0.25, 0.3) is 0 Å². The number of nitrogens with zero attached hydrogens (tertiary/aromatic N) is 2. The second kappa shape index (κ2) is 4.81. The molecule has 0 unspecified atom stereocenters. The summed E-state index contributed by atoms with van der Waals surface area (Å²) in [7, 11) is 1.60. The summed E-state index contributed by atoms with van der Waals surface area (Å²) in [6, 6.07) is 3.66. The van der Waals surface area contributed by atoms with Crippen LogP contribution in [0.5, 0.6) is 17.4 Å². The van der Waals surface area contributed by atoms with Crippen LogP contribution in [0.1, 0.15) is 11.1 Å². The zero-order chi connectivity index (χ0) is 13.6. The first-order valence-electron chi connectivity index (χ1n) is 5.54. The third kappa shape index (κ3) is 2.05. The lowest BCUT2D eigenvalue weighted by Gasteiger charge is -2.21. The largest absolute Gasteiger partial charge is 0.497 e. The van der Waals surface area contributed by atoms with Gasteiger partial charge in [0.1, 0.15) is 20.6 Å². The Balaban J connectivity index is 2.13. The number of hydrogen-bond acceptors (Lipinski definition) is 4. The number of halogens is 2. The minimum atomic E-state index is -0.105. The van der Waals surface area contributed by atoms with E-state index >= 15 is 0 Å². The highest BCUT2D eigenvalue weighted by Gasteiger charge is 2.25. The minimum absolute atomic E-state index is 0.105. The highest BCUT2D eigenvalue weighted by atomic mass is 79.9. The molecule has 0 spiro atoms. The molecular formula is C12H10Br2N2O3. The summed E-state index contributed by atoms with van der Waals surface area (Å²) in [5.41, 5.74) is 1.63. The van der Waals surface area contributed by atoms with Gasteiger partial charge in [0, 0.05) is 11.1 Å². The van der Waals surface area contributed by atoms with Crippen LogP contribution in [0.15, 0.2) is 21.2 Å². The van der Waals surface area contributed by atoms with Gasteiger partial charge in [-0.25, -0.2) is 4.68 Å². The number of aliphatic hydroxyl groups excluding tert-OH is 1. The molecule has 0 amide bonds. The van der Waals surface area contributed by atoms with E-state index in [1.54, 1.807) is 17.9 Å². The van der Waals surface area contributed by atoms with Crippen LogP contribution >= 0.6 is 31.9 Å². The quantitative estimate of drug-likeness (QED) is 0.731. The highest BCUT2D eigenvalue weighted by Crippen LogP contribution is 2.43. The van der Waals surface area contributed by atoms with Crippen LogP contribution in [-0.2, 0) is 13.2 Å². The molecule has 0 atom stereocenters. The summed E-state index contributed by atoms with van der Waals surface area (Å²) in [4.78, 5) is 0. The Morgan fingerprint density at radius 3 is 2.95 bits per heavy atom. The van der Waals surface area contributed by atoms with Crippen LogP contribution in [0.25, 0.3) is 0 Å². The van der Waals surface area contributed by atoms with Crippen molar-refractivity contribution in [3.05, 3.63) is 32.3 Å². The summed E-state index contributed by atoms with van der Waals surface area (Å²) < 4.78 is 14.3. The fourth-order valence-corrected chi connectivity index (χ4v) is 2.79. The number of aromatic nitrogens is 2. The zero-order valence-corrected chi connectivity index (χ0v) is 13.2. The van der Waals surface area contributed by atoms with Gasteiger partial charge >= 0.3 is 0 Å². The Hall–Kier alpha value is -1.05. The van der Waals surface area contributed by atoms with Gasteiger partial charge < -0.3 is 14.6 Å². The minimum Gasteiger partial charge on any atom is -0.497 e. The number of aliphatic hydroxyl groups is 1. The lowest BCUT2D eigenvalue weighted by molar-refractivity contribution is 0.271. The molecule has 2 aromatic rings. The van der Waals surface area contributed by atoms with E-state index in [2.05, 4.69) is 37.0 Å². The second-order valence-electron chi connectivity index (χ2n) is 4.10. The molecule has 1 N–H and O–H groups in total. The van der Waals surface area contributed by atoms with E-state index in [4.69, 9.17) is 9.47 Å². The lowest BCUT2D eigenvalue weighted by Crippen LogP contribution is -2.12. The van der Waals surface area contributed by atoms with Crippen molar-refractivity contribution >= 4 is 31.9 Å². The number of ether oxygens (including phenoxy) is 2. The third-order valence-electron chi connectivity index (χ3n) is 2.95. The first-order valence-corrected chi connectivity index (χ1v) is 7.13. The summed E-state index contributed by atoms with van der Waals surface area (Å²) in [6.07, 6.45) is 0. The lowest BCUT2D eigenvalue weighted by atomic mass is 10.1. The normalized spacial score (nSPS) is 12.6. The van der Waals surface area contributed by atoms with E-state index in [1.165, 1.54) is 0 Å². The summed E-state index contributed by atoms with van der Waals surface area (Å²) in [5.74, 6) is 1.99. The Morgan fingerprint density at radius 2 is 2.26 bits per heavy atom. The molecule has 0 radical (unpaired) electrons. The van der Waals surface area contributed by atoms with Crippen molar-refractivity contribution in [2.24, 2.45) is 0 Å². The molecule has 19 heavy (non-hydrogen) atoms. The predicted molar refractivity (Wildman–Crippen MR) is 75.7 cm³/mol. The van der Waals surface area contributed by atoms with Gasteiger partial charge in [-0.3, -0.25) is 0 Å². The smallest absolute Gasteiger partial charge is 0.233 e.